The van der Waals surface area contributed by atoms with Gasteiger partial charge in [0.05, 0.1) is 12.0 Å². The van der Waals surface area contributed by atoms with E-state index in [0.29, 0.717) is 16.5 Å². The third kappa shape index (κ3) is 4.24. The highest BCUT2D eigenvalue weighted by atomic mass is 32.1. The van der Waals surface area contributed by atoms with E-state index < -0.39 is 0 Å². The first-order valence-corrected chi connectivity index (χ1v) is 10.3. The summed E-state index contributed by atoms with van der Waals surface area (Å²) in [5, 5.41) is 13.3. The summed E-state index contributed by atoms with van der Waals surface area (Å²) in [5.41, 5.74) is 3.23. The van der Waals surface area contributed by atoms with Crippen LogP contribution in [0, 0.1) is 22.7 Å². The molecule has 27 heavy (non-hydrogen) atoms. The van der Waals surface area contributed by atoms with Crippen LogP contribution in [0.15, 0.2) is 16.8 Å². The minimum atomic E-state index is -0.115. The molecule has 0 spiro atoms. The maximum atomic E-state index is 12.6. The zero-order chi connectivity index (χ0) is 19.8. The highest BCUT2D eigenvalue weighted by molar-refractivity contribution is 7.16. The third-order valence-electron chi connectivity index (χ3n) is 5.53. The summed E-state index contributed by atoms with van der Waals surface area (Å²) in [6.07, 6.45) is 5.06. The number of hydrogen-bond donors (Lipinski definition) is 1. The van der Waals surface area contributed by atoms with Crippen molar-refractivity contribution >= 4 is 28.1 Å². The number of carbonyl (C=O) groups is 1. The van der Waals surface area contributed by atoms with Gasteiger partial charge in [0.1, 0.15) is 16.9 Å². The summed E-state index contributed by atoms with van der Waals surface area (Å²) >= 11 is 1.58. The van der Waals surface area contributed by atoms with E-state index in [1.54, 1.807) is 11.3 Å². The van der Waals surface area contributed by atoms with Gasteiger partial charge in [-0.15, -0.1) is 11.3 Å². The molecule has 0 aromatic carbocycles. The number of aliphatic imine (C=N–C) groups is 1. The molecular weight excluding hydrogens is 356 g/mol. The van der Waals surface area contributed by atoms with Gasteiger partial charge in [-0.2, -0.15) is 5.26 Å². The second-order valence-corrected chi connectivity index (χ2v) is 9.83. The molecule has 1 aliphatic carbocycles. The van der Waals surface area contributed by atoms with Crippen LogP contribution < -0.4 is 5.32 Å². The molecule has 0 saturated carbocycles. The maximum absolute atomic E-state index is 12.6. The largest absolute Gasteiger partial charge is 0.359 e. The molecule has 1 N–H and O–H groups in total. The molecule has 0 bridgehead atoms. The molecule has 0 radical (unpaired) electrons. The number of amides is 1. The van der Waals surface area contributed by atoms with Crippen LogP contribution in [0.3, 0.4) is 0 Å². The van der Waals surface area contributed by atoms with E-state index in [0.717, 1.165) is 37.2 Å². The van der Waals surface area contributed by atoms with Gasteiger partial charge < -0.3 is 10.2 Å². The van der Waals surface area contributed by atoms with Crippen LogP contribution in [0.25, 0.3) is 0 Å². The van der Waals surface area contributed by atoms with Gasteiger partial charge in [-0.1, -0.05) is 20.8 Å². The highest BCUT2D eigenvalue weighted by Crippen LogP contribution is 2.44. The summed E-state index contributed by atoms with van der Waals surface area (Å²) in [6, 6.07) is 2.33. The maximum Gasteiger partial charge on any atom is 0.232 e. The van der Waals surface area contributed by atoms with E-state index in [-0.39, 0.29) is 17.7 Å². The molecule has 5 nitrogen and oxygen atoms in total. The molecule has 2 aliphatic rings. The lowest BCUT2D eigenvalue weighted by atomic mass is 9.72. The third-order valence-corrected chi connectivity index (χ3v) is 6.70. The van der Waals surface area contributed by atoms with E-state index in [9.17, 15) is 10.1 Å². The molecule has 1 unspecified atom stereocenters. The van der Waals surface area contributed by atoms with Gasteiger partial charge in [0.2, 0.25) is 5.91 Å². The van der Waals surface area contributed by atoms with E-state index in [2.05, 4.69) is 37.1 Å². The fourth-order valence-electron chi connectivity index (χ4n) is 3.82. The number of anilines is 1. The number of likely N-dealkylation sites (N-methyl/N-ethyl adjacent to an activating group) is 1. The average Bonchev–Trinajstić information content (AvgIpc) is 2.92. The van der Waals surface area contributed by atoms with Gasteiger partial charge in [-0.25, -0.2) is 4.99 Å². The van der Waals surface area contributed by atoms with Gasteiger partial charge in [0, 0.05) is 24.7 Å². The Labute approximate surface area is 165 Å². The van der Waals surface area contributed by atoms with Crippen molar-refractivity contribution < 1.29 is 4.79 Å². The van der Waals surface area contributed by atoms with Crippen molar-refractivity contribution in [3.8, 4) is 6.07 Å². The van der Waals surface area contributed by atoms with E-state index in [1.807, 2.05) is 25.1 Å². The number of nitrogens with one attached hydrogen (secondary N) is 1. The number of rotatable bonds is 3. The molecule has 2 heterocycles. The van der Waals surface area contributed by atoms with Crippen molar-refractivity contribution in [3.05, 3.63) is 27.8 Å². The summed E-state index contributed by atoms with van der Waals surface area (Å²) in [6.45, 7) is 9.65. The van der Waals surface area contributed by atoms with Crippen molar-refractivity contribution in [2.45, 2.75) is 53.4 Å². The summed E-state index contributed by atoms with van der Waals surface area (Å²) in [4.78, 5) is 20.2. The van der Waals surface area contributed by atoms with Crippen molar-refractivity contribution in [2.24, 2.45) is 16.3 Å². The normalized spacial score (nSPS) is 19.7. The molecule has 1 atom stereocenters. The predicted octanol–water partition coefficient (Wildman–Crippen LogP) is 4.35. The number of nitriles is 1. The quantitative estimate of drug-likeness (QED) is 0.842. The van der Waals surface area contributed by atoms with Gasteiger partial charge in [0.25, 0.3) is 0 Å². The Morgan fingerprint density at radius 2 is 2.22 bits per heavy atom. The first kappa shape index (κ1) is 19.6. The Hall–Kier alpha value is -2.13. The fraction of sp³-hybridized carbons (Fsp3) is 0.571. The smallest absolute Gasteiger partial charge is 0.232 e. The molecular formula is C21H28N4OS. The van der Waals surface area contributed by atoms with Crippen LogP contribution in [-0.2, 0) is 17.6 Å². The zero-order valence-corrected chi connectivity index (χ0v) is 17.7. The highest BCUT2D eigenvalue weighted by Gasteiger charge is 2.32. The monoisotopic (exact) mass is 384 g/mol. The van der Waals surface area contributed by atoms with Crippen molar-refractivity contribution in [1.29, 1.82) is 5.26 Å². The average molecular weight is 385 g/mol. The number of carbonyl (C=O) groups excluding carboxylic acids is 1. The lowest BCUT2D eigenvalue weighted by molar-refractivity contribution is -0.115. The van der Waals surface area contributed by atoms with Gasteiger partial charge in [0.15, 0.2) is 0 Å². The molecule has 1 aromatic heterocycles. The van der Waals surface area contributed by atoms with E-state index in [1.165, 1.54) is 10.5 Å². The summed E-state index contributed by atoms with van der Waals surface area (Å²) in [5.74, 6) is 1.25. The Bertz CT molecular complexity index is 851. The standard InChI is InChI=1S/C21H28N4OS/c1-13-11-23-18(25(5)12-13)9-19(26)24-20-16(10-22)15-7-6-14(21(2,3)4)8-17(15)27-20/h11,14H,6-9,12H2,1-5H3,(H,24,26). The Morgan fingerprint density at radius 1 is 1.48 bits per heavy atom. The van der Waals surface area contributed by atoms with Gasteiger partial charge in [-0.05, 0) is 48.7 Å². The second-order valence-electron chi connectivity index (χ2n) is 8.73. The van der Waals surface area contributed by atoms with Gasteiger partial charge >= 0.3 is 0 Å². The van der Waals surface area contributed by atoms with Crippen LogP contribution >= 0.6 is 11.3 Å². The number of nitrogens with zero attached hydrogens (tertiary/aromatic N) is 3. The summed E-state index contributed by atoms with van der Waals surface area (Å²) in [7, 11) is 1.94. The zero-order valence-electron chi connectivity index (χ0n) is 16.8. The minimum Gasteiger partial charge on any atom is -0.359 e. The van der Waals surface area contributed by atoms with Crippen molar-refractivity contribution in [2.75, 3.05) is 18.9 Å². The van der Waals surface area contributed by atoms with Crippen LogP contribution in [0.1, 0.15) is 56.5 Å². The topological polar surface area (TPSA) is 68.5 Å². The number of amidine groups is 1. The minimum absolute atomic E-state index is 0.115. The van der Waals surface area contributed by atoms with Crippen molar-refractivity contribution in [3.63, 3.8) is 0 Å². The second kappa shape index (κ2) is 7.47. The molecule has 1 aromatic rings. The molecule has 3 rings (SSSR count). The van der Waals surface area contributed by atoms with Crippen LogP contribution in [0.5, 0.6) is 0 Å². The first-order valence-electron chi connectivity index (χ1n) is 9.47. The van der Waals surface area contributed by atoms with E-state index >= 15 is 0 Å². The SMILES string of the molecule is CC1=CN=C(CC(=O)Nc2sc3c(c2C#N)CCC(C(C)(C)C)C3)N(C)C1. The molecule has 0 fully saturated rings. The van der Waals surface area contributed by atoms with Crippen LogP contribution in [0.2, 0.25) is 0 Å². The first-order chi connectivity index (χ1) is 12.7. The van der Waals surface area contributed by atoms with Crippen LogP contribution in [0.4, 0.5) is 5.00 Å². The number of thiophene rings is 1. The predicted molar refractivity (Wildman–Crippen MR) is 111 cm³/mol. The van der Waals surface area contributed by atoms with Gasteiger partial charge in [-0.3, -0.25) is 4.79 Å². The molecule has 0 saturated heterocycles. The molecule has 6 heteroatoms. The van der Waals surface area contributed by atoms with Crippen LogP contribution in [-0.4, -0.2) is 30.2 Å². The Kier molecular flexibility index (Phi) is 5.43. The fourth-order valence-corrected chi connectivity index (χ4v) is 5.11. The lowest BCUT2D eigenvalue weighted by Gasteiger charge is -2.33. The molecule has 1 amide bonds. The van der Waals surface area contributed by atoms with Crippen molar-refractivity contribution in [1.82, 2.24) is 4.90 Å². The number of fused-ring (bicyclic) bond motifs is 1. The Morgan fingerprint density at radius 3 is 2.85 bits per heavy atom. The molecule has 1 aliphatic heterocycles. The summed E-state index contributed by atoms with van der Waals surface area (Å²) < 4.78 is 0. The number of hydrogen-bond acceptors (Lipinski definition) is 5. The Balaban J connectivity index is 1.76. The lowest BCUT2D eigenvalue weighted by Crippen LogP contribution is -2.33. The van der Waals surface area contributed by atoms with E-state index in [4.69, 9.17) is 0 Å². The molecule has 144 valence electrons.